The number of phenols is 1. The fourth-order valence-electron chi connectivity index (χ4n) is 1.94. The van der Waals surface area contributed by atoms with Crippen LogP contribution in [0.15, 0.2) is 23.9 Å². The van der Waals surface area contributed by atoms with Crippen LogP contribution in [0.4, 0.5) is 0 Å². The van der Waals surface area contributed by atoms with Gasteiger partial charge in [0.15, 0.2) is 0 Å². The van der Waals surface area contributed by atoms with Gasteiger partial charge in [0, 0.05) is 12.5 Å². The van der Waals surface area contributed by atoms with Crippen LogP contribution >= 0.6 is 11.6 Å². The van der Waals surface area contributed by atoms with Crippen molar-refractivity contribution in [1.29, 1.82) is 0 Å². The lowest BCUT2D eigenvalue weighted by molar-refractivity contribution is -0.427. The minimum absolute atomic E-state index is 0.0270. The molecule has 0 spiro atoms. The molecule has 1 aromatic carbocycles. The van der Waals surface area contributed by atoms with E-state index in [1.54, 1.807) is 6.07 Å². The molecule has 0 aromatic heterocycles. The lowest BCUT2D eigenvalue weighted by atomic mass is 9.99. The average molecular weight is 284 g/mol. The van der Waals surface area contributed by atoms with Crippen LogP contribution in [-0.2, 0) is 0 Å². The van der Waals surface area contributed by atoms with E-state index in [1.807, 2.05) is 6.92 Å². The largest absolute Gasteiger partial charge is 0.506 e. The second-order valence-corrected chi connectivity index (χ2v) is 5.11. The standard InChI is InChI=1S/C14H18ClNO3/c1-3-4-10(2)7-12(16(18)19)8-11-5-6-14(17)13(15)9-11/h5-6,8-10,17H,3-4,7H2,1-2H3/t10-/m0/s1. The van der Waals surface area contributed by atoms with Crippen molar-refractivity contribution in [1.82, 2.24) is 0 Å². The normalized spacial score (nSPS) is 13.3. The molecular weight excluding hydrogens is 266 g/mol. The number of hydrogen-bond acceptors (Lipinski definition) is 3. The van der Waals surface area contributed by atoms with Gasteiger partial charge in [0.25, 0.3) is 0 Å². The SMILES string of the molecule is CCC[C@H](C)CC(=Cc1ccc(O)c(Cl)c1)[N+](=O)[O-]. The molecular formula is C14H18ClNO3. The van der Waals surface area contributed by atoms with Gasteiger partial charge in [-0.3, -0.25) is 10.1 Å². The van der Waals surface area contributed by atoms with Crippen molar-refractivity contribution in [3.05, 3.63) is 44.6 Å². The second kappa shape index (κ2) is 7.14. The zero-order chi connectivity index (χ0) is 14.4. The molecule has 1 aromatic rings. The molecule has 0 aliphatic rings. The molecule has 0 heterocycles. The molecule has 1 atom stereocenters. The molecule has 0 aliphatic heterocycles. The maximum atomic E-state index is 11.1. The first-order valence-electron chi connectivity index (χ1n) is 6.27. The molecule has 0 unspecified atom stereocenters. The molecule has 0 saturated heterocycles. The summed E-state index contributed by atoms with van der Waals surface area (Å²) in [6, 6.07) is 4.56. The number of hydrogen-bond donors (Lipinski definition) is 1. The summed E-state index contributed by atoms with van der Waals surface area (Å²) in [5, 5.41) is 20.6. The van der Waals surface area contributed by atoms with Crippen molar-refractivity contribution >= 4 is 17.7 Å². The summed E-state index contributed by atoms with van der Waals surface area (Å²) < 4.78 is 0. The van der Waals surface area contributed by atoms with Crippen LogP contribution in [0.25, 0.3) is 6.08 Å². The van der Waals surface area contributed by atoms with Gasteiger partial charge in [-0.25, -0.2) is 0 Å². The summed E-state index contributed by atoms with van der Waals surface area (Å²) in [5.74, 6) is 0.245. The number of benzene rings is 1. The van der Waals surface area contributed by atoms with Gasteiger partial charge in [0.1, 0.15) is 5.75 Å². The molecule has 19 heavy (non-hydrogen) atoms. The fraction of sp³-hybridized carbons (Fsp3) is 0.429. The number of nitrogens with zero attached hydrogens (tertiary/aromatic N) is 1. The number of phenolic OH excluding ortho intramolecular Hbond substituents is 1. The van der Waals surface area contributed by atoms with Crippen molar-refractivity contribution in [3.8, 4) is 5.75 Å². The minimum Gasteiger partial charge on any atom is -0.506 e. The van der Waals surface area contributed by atoms with Gasteiger partial charge in [-0.1, -0.05) is 44.4 Å². The van der Waals surface area contributed by atoms with E-state index >= 15 is 0 Å². The zero-order valence-electron chi connectivity index (χ0n) is 11.1. The highest BCUT2D eigenvalue weighted by Crippen LogP contribution is 2.26. The summed E-state index contributed by atoms with van der Waals surface area (Å²) in [5.41, 5.74) is 0.793. The molecule has 0 saturated carbocycles. The van der Waals surface area contributed by atoms with Crippen LogP contribution in [0.1, 0.15) is 38.7 Å². The number of nitro groups is 1. The van der Waals surface area contributed by atoms with Gasteiger partial charge in [-0.15, -0.1) is 0 Å². The Labute approximate surface area is 117 Å². The van der Waals surface area contributed by atoms with Crippen molar-refractivity contribution in [2.45, 2.75) is 33.1 Å². The van der Waals surface area contributed by atoms with E-state index in [0.717, 1.165) is 12.8 Å². The topological polar surface area (TPSA) is 63.4 Å². The molecule has 0 amide bonds. The molecule has 4 nitrogen and oxygen atoms in total. The van der Waals surface area contributed by atoms with Gasteiger partial charge in [-0.05, 0) is 23.6 Å². The first kappa shape index (κ1) is 15.5. The van der Waals surface area contributed by atoms with E-state index in [2.05, 4.69) is 6.92 Å². The first-order chi connectivity index (χ1) is 8.93. The number of halogens is 1. The van der Waals surface area contributed by atoms with Crippen molar-refractivity contribution in [2.75, 3.05) is 0 Å². The van der Waals surface area contributed by atoms with Crippen LogP contribution in [0.5, 0.6) is 5.75 Å². The first-order valence-corrected chi connectivity index (χ1v) is 6.65. The Morgan fingerprint density at radius 1 is 1.58 bits per heavy atom. The molecule has 5 heteroatoms. The Kier molecular flexibility index (Phi) is 5.83. The molecule has 1 rings (SSSR count). The maximum Gasteiger partial charge on any atom is 0.247 e. The Morgan fingerprint density at radius 2 is 2.26 bits per heavy atom. The highest BCUT2D eigenvalue weighted by atomic mass is 35.5. The third-order valence-electron chi connectivity index (χ3n) is 2.88. The Hall–Kier alpha value is -1.55. The van der Waals surface area contributed by atoms with Crippen molar-refractivity contribution in [2.24, 2.45) is 5.92 Å². The van der Waals surface area contributed by atoms with Crippen LogP contribution in [-0.4, -0.2) is 10.0 Å². The van der Waals surface area contributed by atoms with Crippen LogP contribution in [0, 0.1) is 16.0 Å². The molecule has 104 valence electrons. The summed E-state index contributed by atoms with van der Waals surface area (Å²) >= 11 is 5.78. The highest BCUT2D eigenvalue weighted by Gasteiger charge is 2.15. The quantitative estimate of drug-likeness (QED) is 0.618. The van der Waals surface area contributed by atoms with Gasteiger partial charge in [-0.2, -0.15) is 0 Å². The lowest BCUT2D eigenvalue weighted by Crippen LogP contribution is -2.04. The predicted octanol–water partition coefficient (Wildman–Crippen LogP) is 4.49. The Bertz CT molecular complexity index is 486. The van der Waals surface area contributed by atoms with E-state index < -0.39 is 0 Å². The van der Waals surface area contributed by atoms with E-state index in [9.17, 15) is 15.2 Å². The molecule has 0 fully saturated rings. The van der Waals surface area contributed by atoms with E-state index in [0.29, 0.717) is 12.0 Å². The molecule has 0 aliphatic carbocycles. The number of allylic oxidation sites excluding steroid dienone is 1. The van der Waals surface area contributed by atoms with Gasteiger partial charge in [0.2, 0.25) is 5.70 Å². The third-order valence-corrected chi connectivity index (χ3v) is 3.18. The van der Waals surface area contributed by atoms with E-state index in [4.69, 9.17) is 11.6 Å². The third kappa shape index (κ3) is 4.91. The average Bonchev–Trinajstić information content (AvgIpc) is 2.33. The predicted molar refractivity (Wildman–Crippen MR) is 76.8 cm³/mol. The van der Waals surface area contributed by atoms with Crippen molar-refractivity contribution in [3.63, 3.8) is 0 Å². The summed E-state index contributed by atoms with van der Waals surface area (Å²) in [6.45, 7) is 4.07. The summed E-state index contributed by atoms with van der Waals surface area (Å²) in [4.78, 5) is 10.7. The van der Waals surface area contributed by atoms with Crippen LogP contribution in [0.3, 0.4) is 0 Å². The van der Waals surface area contributed by atoms with Gasteiger partial charge < -0.3 is 5.11 Å². The highest BCUT2D eigenvalue weighted by molar-refractivity contribution is 6.32. The van der Waals surface area contributed by atoms with Crippen LogP contribution < -0.4 is 0 Å². The van der Waals surface area contributed by atoms with Crippen molar-refractivity contribution < 1.29 is 10.0 Å². The zero-order valence-corrected chi connectivity index (χ0v) is 11.9. The number of rotatable bonds is 6. The minimum atomic E-state index is -0.354. The smallest absolute Gasteiger partial charge is 0.247 e. The summed E-state index contributed by atoms with van der Waals surface area (Å²) in [6.07, 6.45) is 3.91. The molecule has 1 N–H and O–H groups in total. The van der Waals surface area contributed by atoms with E-state index in [1.165, 1.54) is 18.2 Å². The summed E-state index contributed by atoms with van der Waals surface area (Å²) in [7, 11) is 0. The van der Waals surface area contributed by atoms with Gasteiger partial charge >= 0.3 is 0 Å². The van der Waals surface area contributed by atoms with Crippen LogP contribution in [0.2, 0.25) is 5.02 Å². The van der Waals surface area contributed by atoms with Gasteiger partial charge in [0.05, 0.1) is 9.95 Å². The Balaban J connectivity index is 2.94. The fourth-order valence-corrected chi connectivity index (χ4v) is 2.13. The number of aromatic hydroxyl groups is 1. The molecule has 0 radical (unpaired) electrons. The molecule has 0 bridgehead atoms. The Morgan fingerprint density at radius 3 is 2.79 bits per heavy atom. The maximum absolute atomic E-state index is 11.1. The lowest BCUT2D eigenvalue weighted by Gasteiger charge is -2.07. The monoisotopic (exact) mass is 283 g/mol. The van der Waals surface area contributed by atoms with E-state index in [-0.39, 0.29) is 27.3 Å². The second-order valence-electron chi connectivity index (χ2n) is 4.70.